The van der Waals surface area contributed by atoms with Crippen molar-refractivity contribution in [2.24, 2.45) is 0 Å². The van der Waals surface area contributed by atoms with Gasteiger partial charge in [-0.3, -0.25) is 14.1 Å². The number of nitrogens with zero attached hydrogens (tertiary/aromatic N) is 3. The molecule has 1 amide bonds. The van der Waals surface area contributed by atoms with Crippen molar-refractivity contribution in [1.82, 2.24) is 19.6 Å². The third-order valence-electron chi connectivity index (χ3n) is 3.79. The number of morpholine rings is 1. The number of aryl methyl sites for hydroxylation is 1. The van der Waals surface area contributed by atoms with Crippen molar-refractivity contribution >= 4 is 11.6 Å². The lowest BCUT2D eigenvalue weighted by atomic mass is 10.3. The third kappa shape index (κ3) is 3.10. The smallest absolute Gasteiger partial charge is 0.270 e. The molecule has 2 aromatic rings. The molecule has 3 rings (SSSR count). The number of imidazole rings is 1. The van der Waals surface area contributed by atoms with Crippen LogP contribution in [0, 0.1) is 12.7 Å². The van der Waals surface area contributed by atoms with Crippen LogP contribution in [0.15, 0.2) is 18.3 Å². The first-order valence-electron chi connectivity index (χ1n) is 7.37. The van der Waals surface area contributed by atoms with E-state index in [0.29, 0.717) is 23.6 Å². The molecule has 0 atom stereocenters. The van der Waals surface area contributed by atoms with Gasteiger partial charge in [0.2, 0.25) is 0 Å². The first-order chi connectivity index (χ1) is 10.6. The first kappa shape index (κ1) is 14.9. The minimum absolute atomic E-state index is 0.233. The van der Waals surface area contributed by atoms with Crippen LogP contribution in [0.1, 0.15) is 16.2 Å². The number of pyridine rings is 1. The number of aromatic nitrogens is 2. The lowest BCUT2D eigenvalue weighted by Crippen LogP contribution is -2.41. The van der Waals surface area contributed by atoms with Gasteiger partial charge in [-0.2, -0.15) is 0 Å². The summed E-state index contributed by atoms with van der Waals surface area (Å²) in [6.07, 6.45) is 1.28. The molecule has 0 aliphatic carbocycles. The molecule has 1 aliphatic heterocycles. The Labute approximate surface area is 127 Å². The summed E-state index contributed by atoms with van der Waals surface area (Å²) >= 11 is 0. The number of carbonyl (C=O) groups is 1. The van der Waals surface area contributed by atoms with Gasteiger partial charge in [-0.1, -0.05) is 0 Å². The molecule has 1 N–H and O–H groups in total. The van der Waals surface area contributed by atoms with Crippen molar-refractivity contribution < 1.29 is 13.9 Å². The maximum Gasteiger partial charge on any atom is 0.270 e. The molecule has 3 heterocycles. The highest BCUT2D eigenvalue weighted by Crippen LogP contribution is 2.13. The minimum Gasteiger partial charge on any atom is -0.379 e. The molecule has 0 saturated carbocycles. The zero-order valence-electron chi connectivity index (χ0n) is 12.5. The summed E-state index contributed by atoms with van der Waals surface area (Å²) in [5.41, 5.74) is 1.54. The molecule has 2 aromatic heterocycles. The average molecular weight is 306 g/mol. The van der Waals surface area contributed by atoms with Crippen molar-refractivity contribution in [3.8, 4) is 0 Å². The topological polar surface area (TPSA) is 58.9 Å². The van der Waals surface area contributed by atoms with Gasteiger partial charge in [0.15, 0.2) is 0 Å². The Balaban J connectivity index is 1.66. The van der Waals surface area contributed by atoms with Crippen molar-refractivity contribution in [3.05, 3.63) is 35.5 Å². The molecule has 6 nitrogen and oxygen atoms in total. The van der Waals surface area contributed by atoms with E-state index in [1.807, 2.05) is 0 Å². The van der Waals surface area contributed by atoms with Crippen LogP contribution in [0.5, 0.6) is 0 Å². The van der Waals surface area contributed by atoms with Gasteiger partial charge >= 0.3 is 0 Å². The van der Waals surface area contributed by atoms with Gasteiger partial charge in [-0.15, -0.1) is 0 Å². The monoisotopic (exact) mass is 306 g/mol. The van der Waals surface area contributed by atoms with Crippen molar-refractivity contribution in [2.45, 2.75) is 6.92 Å². The zero-order valence-corrected chi connectivity index (χ0v) is 12.5. The van der Waals surface area contributed by atoms with E-state index in [1.165, 1.54) is 16.7 Å². The summed E-state index contributed by atoms with van der Waals surface area (Å²) in [6.45, 7) is 6.31. The van der Waals surface area contributed by atoms with Crippen LogP contribution >= 0.6 is 0 Å². The fourth-order valence-corrected chi connectivity index (χ4v) is 2.65. The van der Waals surface area contributed by atoms with Gasteiger partial charge in [0.1, 0.15) is 17.2 Å². The van der Waals surface area contributed by atoms with E-state index in [4.69, 9.17) is 4.74 Å². The summed E-state index contributed by atoms with van der Waals surface area (Å²) in [7, 11) is 0. The quantitative estimate of drug-likeness (QED) is 0.909. The molecule has 22 heavy (non-hydrogen) atoms. The number of carbonyl (C=O) groups excluding carboxylic acids is 1. The van der Waals surface area contributed by atoms with E-state index in [0.717, 1.165) is 32.8 Å². The van der Waals surface area contributed by atoms with E-state index >= 15 is 0 Å². The van der Waals surface area contributed by atoms with E-state index in [2.05, 4.69) is 15.2 Å². The highest BCUT2D eigenvalue weighted by molar-refractivity contribution is 5.94. The van der Waals surface area contributed by atoms with Crippen molar-refractivity contribution in [2.75, 3.05) is 39.4 Å². The minimum atomic E-state index is -0.396. The zero-order chi connectivity index (χ0) is 15.5. The Morgan fingerprint density at radius 3 is 2.95 bits per heavy atom. The van der Waals surface area contributed by atoms with Crippen LogP contribution in [-0.2, 0) is 4.74 Å². The summed E-state index contributed by atoms with van der Waals surface area (Å²) in [6, 6.07) is 2.90. The van der Waals surface area contributed by atoms with Gasteiger partial charge in [0, 0.05) is 32.4 Å². The van der Waals surface area contributed by atoms with E-state index < -0.39 is 5.82 Å². The average Bonchev–Trinajstić information content (AvgIpc) is 2.83. The van der Waals surface area contributed by atoms with Crippen molar-refractivity contribution in [1.29, 1.82) is 0 Å². The fourth-order valence-electron chi connectivity index (χ4n) is 2.65. The lowest BCUT2D eigenvalue weighted by Gasteiger charge is -2.26. The number of hydrogen-bond acceptors (Lipinski definition) is 4. The van der Waals surface area contributed by atoms with E-state index in [9.17, 15) is 9.18 Å². The maximum absolute atomic E-state index is 13.4. The molecule has 0 unspecified atom stereocenters. The molecule has 0 spiro atoms. The predicted molar refractivity (Wildman–Crippen MR) is 79.5 cm³/mol. The number of fused-ring (bicyclic) bond motifs is 1. The number of hydrogen-bond donors (Lipinski definition) is 1. The van der Waals surface area contributed by atoms with Crippen LogP contribution in [0.3, 0.4) is 0 Å². The molecular weight excluding hydrogens is 287 g/mol. The molecule has 7 heteroatoms. The van der Waals surface area contributed by atoms with Crippen LogP contribution < -0.4 is 5.32 Å². The second-order valence-electron chi connectivity index (χ2n) is 5.33. The highest BCUT2D eigenvalue weighted by atomic mass is 19.1. The molecule has 1 fully saturated rings. The normalized spacial score (nSPS) is 16.1. The summed E-state index contributed by atoms with van der Waals surface area (Å²) in [5, 5.41) is 2.88. The van der Waals surface area contributed by atoms with E-state index in [1.54, 1.807) is 13.0 Å². The number of halogens is 1. The molecule has 0 radical (unpaired) electrons. The SMILES string of the molecule is Cc1nc2ccc(F)cn2c1C(=O)NCCN1CCOCC1. The molecule has 118 valence electrons. The van der Waals surface area contributed by atoms with Crippen LogP contribution in [0.25, 0.3) is 5.65 Å². The Bertz CT molecular complexity index is 679. The molecule has 1 saturated heterocycles. The van der Waals surface area contributed by atoms with E-state index in [-0.39, 0.29) is 5.91 Å². The first-order valence-corrected chi connectivity index (χ1v) is 7.37. The lowest BCUT2D eigenvalue weighted by molar-refractivity contribution is 0.0383. The Hall–Kier alpha value is -1.99. The van der Waals surface area contributed by atoms with Crippen LogP contribution in [-0.4, -0.2) is 59.6 Å². The largest absolute Gasteiger partial charge is 0.379 e. The van der Waals surface area contributed by atoms with Crippen LogP contribution in [0.2, 0.25) is 0 Å². The molecular formula is C15H19FN4O2. The predicted octanol–water partition coefficient (Wildman–Crippen LogP) is 0.844. The highest BCUT2D eigenvalue weighted by Gasteiger charge is 2.17. The van der Waals surface area contributed by atoms with Gasteiger partial charge in [0.25, 0.3) is 5.91 Å². The number of ether oxygens (including phenoxy) is 1. The number of nitrogens with one attached hydrogen (secondary N) is 1. The van der Waals surface area contributed by atoms with Gasteiger partial charge < -0.3 is 10.1 Å². The van der Waals surface area contributed by atoms with Gasteiger partial charge in [0.05, 0.1) is 18.9 Å². The third-order valence-corrected chi connectivity index (χ3v) is 3.79. The molecule has 0 bridgehead atoms. The van der Waals surface area contributed by atoms with Crippen molar-refractivity contribution in [3.63, 3.8) is 0 Å². The number of rotatable bonds is 4. The Kier molecular flexibility index (Phi) is 4.35. The summed E-state index contributed by atoms with van der Waals surface area (Å²) in [5.74, 6) is -0.629. The standard InChI is InChI=1S/C15H19FN4O2/c1-11-14(20-10-12(16)2-3-13(20)18-11)15(21)17-4-5-19-6-8-22-9-7-19/h2-3,10H,4-9H2,1H3,(H,17,21). The Morgan fingerprint density at radius 2 is 2.18 bits per heavy atom. The van der Waals surface area contributed by atoms with Gasteiger partial charge in [-0.25, -0.2) is 9.37 Å². The Morgan fingerprint density at radius 1 is 1.41 bits per heavy atom. The van der Waals surface area contributed by atoms with Gasteiger partial charge in [-0.05, 0) is 19.1 Å². The fraction of sp³-hybridized carbons (Fsp3) is 0.467. The second kappa shape index (κ2) is 6.41. The molecule has 0 aromatic carbocycles. The van der Waals surface area contributed by atoms with Crippen LogP contribution in [0.4, 0.5) is 4.39 Å². The maximum atomic E-state index is 13.4. The molecule has 1 aliphatic rings. The number of amides is 1. The second-order valence-corrected chi connectivity index (χ2v) is 5.33. The summed E-state index contributed by atoms with van der Waals surface area (Å²) in [4.78, 5) is 18.9. The summed E-state index contributed by atoms with van der Waals surface area (Å²) < 4.78 is 20.2.